The van der Waals surface area contributed by atoms with Gasteiger partial charge in [0.1, 0.15) is 55.9 Å². The second-order valence-corrected chi connectivity index (χ2v) is 31.5. The van der Waals surface area contributed by atoms with Crippen molar-refractivity contribution in [2.75, 3.05) is 0 Å². The first-order chi connectivity index (χ1) is 61.9. The third-order valence-corrected chi connectivity index (χ3v) is 24.3. The van der Waals surface area contributed by atoms with Gasteiger partial charge in [-0.1, -0.05) is 285 Å². The SMILES string of the molecule is c1ccc(-c2nc(-c3ccc4c5ccccc5c5ccccc5c4c3)nc(-c3cccc4oc5c(-c6nc(-c7cccc(-c8cccc(-n9c%10ccccc%10c%10c(-c%11nc(-c%12ccccc%12)nc(-c%12cccc%13oc%14c(-c%15nc(-c%16ccccc%16)c%16oc%17ccccc%17c%16n%15)cccc%14c%12%13)n%11)cccc%109)c8)c7)c7oc8ccccc8c7n6)cccc5c34)n2)cc1. The monoisotopic (exact) mass is 1600 g/mol. The number of hydrogen-bond donors (Lipinski definition) is 0. The molecule has 9 heterocycles. The molecule has 15 heteroatoms. The highest BCUT2D eigenvalue weighted by molar-refractivity contribution is 6.26. The van der Waals surface area contributed by atoms with Crippen LogP contribution in [0.4, 0.5) is 0 Å². The zero-order valence-electron chi connectivity index (χ0n) is 66.3. The summed E-state index contributed by atoms with van der Waals surface area (Å²) in [5, 5.41) is 14.3. The first-order valence-corrected chi connectivity index (χ1v) is 41.5. The van der Waals surface area contributed by atoms with E-state index in [1.54, 1.807) is 0 Å². The molecule has 0 atom stereocenters. The lowest BCUT2D eigenvalue weighted by molar-refractivity contribution is 0.666. The summed E-state index contributed by atoms with van der Waals surface area (Å²) in [5.41, 5.74) is 21.0. The summed E-state index contributed by atoms with van der Waals surface area (Å²) in [6.07, 6.45) is 0. The molecule has 9 aromatic heterocycles. The Labute approximate surface area is 710 Å². The summed E-state index contributed by atoms with van der Waals surface area (Å²) in [7, 11) is 0. The van der Waals surface area contributed by atoms with Gasteiger partial charge < -0.3 is 22.2 Å². The van der Waals surface area contributed by atoms with E-state index in [0.717, 1.165) is 148 Å². The van der Waals surface area contributed by atoms with Gasteiger partial charge in [-0.15, -0.1) is 0 Å². The number of rotatable bonds is 12. The van der Waals surface area contributed by atoms with E-state index in [4.69, 9.17) is 67.5 Å². The first kappa shape index (κ1) is 69.6. The molecule has 0 aliphatic rings. The van der Waals surface area contributed by atoms with Crippen LogP contribution in [0.3, 0.4) is 0 Å². The van der Waals surface area contributed by atoms with Crippen LogP contribution in [0.2, 0.25) is 0 Å². The first-order valence-electron chi connectivity index (χ1n) is 41.5. The van der Waals surface area contributed by atoms with Crippen LogP contribution in [-0.2, 0) is 0 Å². The van der Waals surface area contributed by atoms with Crippen molar-refractivity contribution < 1.29 is 17.7 Å². The second-order valence-electron chi connectivity index (χ2n) is 31.5. The molecule has 0 aliphatic carbocycles. The van der Waals surface area contributed by atoms with E-state index in [1.165, 1.54) is 16.2 Å². The summed E-state index contributed by atoms with van der Waals surface area (Å²) >= 11 is 0. The van der Waals surface area contributed by atoms with Crippen LogP contribution in [0.5, 0.6) is 0 Å². The van der Waals surface area contributed by atoms with E-state index in [9.17, 15) is 0 Å². The van der Waals surface area contributed by atoms with Crippen LogP contribution in [0, 0.1) is 0 Å². The minimum atomic E-state index is 0.473. The Morgan fingerprint density at radius 3 is 1.09 bits per heavy atom. The normalized spacial score (nSPS) is 12.0. The third-order valence-electron chi connectivity index (χ3n) is 24.3. The zero-order chi connectivity index (χ0) is 81.9. The van der Waals surface area contributed by atoms with Crippen molar-refractivity contribution in [3.05, 3.63) is 370 Å². The van der Waals surface area contributed by atoms with Gasteiger partial charge in [0.15, 0.2) is 57.8 Å². The molecule has 0 radical (unpaired) electrons. The number of furan rings is 4. The quantitative estimate of drug-likeness (QED) is 0.105. The van der Waals surface area contributed by atoms with Gasteiger partial charge in [0.2, 0.25) is 0 Å². The average Bonchev–Trinajstić information content (AvgIpc) is 1.72. The molecule has 0 saturated carbocycles. The number of fused-ring (bicyclic) bond motifs is 21. The van der Waals surface area contributed by atoms with E-state index in [0.29, 0.717) is 108 Å². The van der Waals surface area contributed by atoms with E-state index < -0.39 is 0 Å². The number of nitrogens with zero attached hydrogens (tertiary/aromatic N) is 11. The predicted octanol–water partition coefficient (Wildman–Crippen LogP) is 28.1. The van der Waals surface area contributed by atoms with Crippen molar-refractivity contribution in [3.8, 4) is 130 Å². The molecular weight excluding hydrogens is 1540 g/mol. The highest BCUT2D eigenvalue weighted by Crippen LogP contribution is 2.48. The Morgan fingerprint density at radius 2 is 0.528 bits per heavy atom. The fraction of sp³-hybridized carbons (Fsp3) is 0. The molecule has 26 rings (SSSR count). The Balaban J connectivity index is 0.580. The van der Waals surface area contributed by atoms with Gasteiger partial charge in [0, 0.05) is 93.3 Å². The summed E-state index contributed by atoms with van der Waals surface area (Å²) < 4.78 is 29.8. The fourth-order valence-corrected chi connectivity index (χ4v) is 18.7. The van der Waals surface area contributed by atoms with Crippen LogP contribution in [0.15, 0.2) is 388 Å². The average molecular weight is 1600 g/mol. The second kappa shape index (κ2) is 27.6. The summed E-state index contributed by atoms with van der Waals surface area (Å²) in [4.78, 5) is 53.8. The summed E-state index contributed by atoms with van der Waals surface area (Å²) in [6.45, 7) is 0. The van der Waals surface area contributed by atoms with Crippen LogP contribution < -0.4 is 0 Å². The molecule has 0 unspecified atom stereocenters. The maximum atomic E-state index is 7.09. The summed E-state index contributed by atoms with van der Waals surface area (Å²) in [6, 6.07) is 127. The molecule has 0 N–H and O–H groups in total. The molecule has 26 aromatic rings. The molecule has 0 fully saturated rings. The maximum absolute atomic E-state index is 7.09. The van der Waals surface area contributed by atoms with Gasteiger partial charge in [0.25, 0.3) is 0 Å². The van der Waals surface area contributed by atoms with Gasteiger partial charge in [-0.3, -0.25) is 0 Å². The van der Waals surface area contributed by atoms with Crippen molar-refractivity contribution in [2.24, 2.45) is 0 Å². The molecule has 0 aliphatic heterocycles. The third kappa shape index (κ3) is 11.1. The number of aromatic nitrogens is 11. The zero-order valence-corrected chi connectivity index (χ0v) is 66.3. The smallest absolute Gasteiger partial charge is 0.180 e. The number of hydrogen-bond acceptors (Lipinski definition) is 14. The maximum Gasteiger partial charge on any atom is 0.180 e. The standard InChI is InChI=1S/C110H61N11O4/c1-4-27-62(28-5-1)95-101-97(76-42-15-18-53-88(76)122-101)113-109(111-95)83-49-22-45-79-94-82(48-26-56-91(94)125-99(79)83)108-118-104(64-31-8-3-9-32-64)117-106(120-108)80-46-24-52-87-92(80)75-41-14-17-51-86(75)121(87)69-36-21-34-66(60-69)65-33-20-35-67(59-65)96-102-98(77-43-16-19-54-89(77)123-102)114-110(112-96)84-50-23-44-78-93-81(47-25-55-90(93)124-100(78)84)107-116-103(63-29-6-2-7-30-63)115-105(119-107)68-57-58-74-72-39-11-10-37-70(72)71-38-12-13-40-73(71)85(74)61-68/h1-61H. The molecule has 15 nitrogen and oxygen atoms in total. The Bertz CT molecular complexity index is 8990. The van der Waals surface area contributed by atoms with Crippen LogP contribution >= 0.6 is 0 Å². The lowest BCUT2D eigenvalue weighted by Gasteiger charge is -2.13. The van der Waals surface area contributed by atoms with E-state index in [-0.39, 0.29) is 0 Å². The highest BCUT2D eigenvalue weighted by Gasteiger charge is 2.29. The molecule has 0 bridgehead atoms. The topological polar surface area (TPSA) is 186 Å². The van der Waals surface area contributed by atoms with Gasteiger partial charge in [-0.2, -0.15) is 0 Å². The van der Waals surface area contributed by atoms with Crippen LogP contribution in [-0.4, -0.2) is 54.4 Å². The van der Waals surface area contributed by atoms with E-state index in [2.05, 4.69) is 193 Å². The van der Waals surface area contributed by atoms with Gasteiger partial charge in [-0.25, -0.2) is 49.8 Å². The molecular formula is C110H61N11O4. The number of para-hydroxylation sites is 5. The molecule has 0 amide bonds. The minimum Gasteiger partial charge on any atom is -0.455 e. The minimum absolute atomic E-state index is 0.473. The Morgan fingerprint density at radius 1 is 0.176 bits per heavy atom. The Kier molecular flexibility index (Phi) is 15.4. The molecule has 580 valence electrons. The Hall–Kier alpha value is -17.3. The van der Waals surface area contributed by atoms with Crippen LogP contribution in [0.1, 0.15) is 0 Å². The largest absolute Gasteiger partial charge is 0.455 e. The van der Waals surface area contributed by atoms with Crippen LogP contribution in [0.25, 0.3) is 273 Å². The van der Waals surface area contributed by atoms with Gasteiger partial charge >= 0.3 is 0 Å². The fourth-order valence-electron chi connectivity index (χ4n) is 18.7. The predicted molar refractivity (Wildman–Crippen MR) is 500 cm³/mol. The molecule has 0 saturated heterocycles. The lowest BCUT2D eigenvalue weighted by atomic mass is 9.93. The van der Waals surface area contributed by atoms with Gasteiger partial charge in [-0.05, 0) is 128 Å². The van der Waals surface area contributed by atoms with Crippen molar-refractivity contribution >= 4 is 142 Å². The van der Waals surface area contributed by atoms with Crippen molar-refractivity contribution in [2.45, 2.75) is 0 Å². The van der Waals surface area contributed by atoms with Crippen molar-refractivity contribution in [3.63, 3.8) is 0 Å². The lowest BCUT2D eigenvalue weighted by Crippen LogP contribution is -2.01. The van der Waals surface area contributed by atoms with Crippen molar-refractivity contribution in [1.29, 1.82) is 0 Å². The molecule has 17 aromatic carbocycles. The van der Waals surface area contributed by atoms with Crippen molar-refractivity contribution in [1.82, 2.24) is 54.4 Å². The highest BCUT2D eigenvalue weighted by atomic mass is 16.3. The van der Waals surface area contributed by atoms with E-state index in [1.807, 2.05) is 182 Å². The van der Waals surface area contributed by atoms with E-state index >= 15 is 0 Å². The molecule has 125 heavy (non-hydrogen) atoms. The van der Waals surface area contributed by atoms with Gasteiger partial charge in [0.05, 0.1) is 22.2 Å². The number of benzene rings is 17. The molecule has 0 spiro atoms. The summed E-state index contributed by atoms with van der Waals surface area (Å²) in [5.74, 6) is 4.13.